The number of fused-ring (bicyclic) bond motifs is 1. The van der Waals surface area contributed by atoms with Crippen LogP contribution in [0, 0.1) is 0 Å². The fourth-order valence-corrected chi connectivity index (χ4v) is 2.83. The standard InChI is InChI=1S/C15H17F3N4O/c16-15(17,18)9-22-6-4-12(8-22)21-14(23)20-11-1-2-13-10(7-11)3-5-19-13/h1-3,5,7,12,19H,4,6,8-9H2,(H2,20,21,23)/t12-/m0/s1. The van der Waals surface area contributed by atoms with E-state index in [1.807, 2.05) is 24.4 Å². The lowest BCUT2D eigenvalue weighted by Gasteiger charge is -2.18. The Hall–Kier alpha value is -2.22. The van der Waals surface area contributed by atoms with Crippen molar-refractivity contribution in [1.29, 1.82) is 0 Å². The molecule has 1 aliphatic heterocycles. The van der Waals surface area contributed by atoms with E-state index in [2.05, 4.69) is 15.6 Å². The fourth-order valence-electron chi connectivity index (χ4n) is 2.83. The van der Waals surface area contributed by atoms with Crippen molar-refractivity contribution in [3.63, 3.8) is 0 Å². The van der Waals surface area contributed by atoms with Gasteiger partial charge in [0.2, 0.25) is 0 Å². The molecule has 1 saturated heterocycles. The number of aromatic amines is 1. The molecule has 2 heterocycles. The van der Waals surface area contributed by atoms with E-state index in [0.29, 0.717) is 18.7 Å². The summed E-state index contributed by atoms with van der Waals surface area (Å²) in [6.45, 7) is -0.388. The summed E-state index contributed by atoms with van der Waals surface area (Å²) in [6.07, 6.45) is -1.88. The number of halogens is 3. The molecular weight excluding hydrogens is 309 g/mol. The quantitative estimate of drug-likeness (QED) is 0.812. The Labute approximate surface area is 130 Å². The molecule has 1 aliphatic rings. The summed E-state index contributed by atoms with van der Waals surface area (Å²) in [6, 6.07) is 6.67. The first-order valence-corrected chi connectivity index (χ1v) is 7.33. The molecule has 8 heteroatoms. The Balaban J connectivity index is 1.51. The third-order valence-electron chi connectivity index (χ3n) is 3.82. The molecule has 2 aromatic rings. The van der Waals surface area contributed by atoms with Gasteiger partial charge in [-0.15, -0.1) is 0 Å². The first-order chi connectivity index (χ1) is 10.9. The summed E-state index contributed by atoms with van der Waals surface area (Å²) >= 11 is 0. The predicted molar refractivity (Wildman–Crippen MR) is 81.4 cm³/mol. The van der Waals surface area contributed by atoms with Crippen LogP contribution in [-0.2, 0) is 0 Å². The van der Waals surface area contributed by atoms with Crippen LogP contribution in [0.4, 0.5) is 23.7 Å². The minimum Gasteiger partial charge on any atom is -0.361 e. The number of aromatic nitrogens is 1. The molecule has 0 radical (unpaired) electrons. The number of carbonyl (C=O) groups excluding carboxylic acids is 1. The molecule has 1 aromatic heterocycles. The second-order valence-corrected chi connectivity index (χ2v) is 5.71. The Morgan fingerprint density at radius 1 is 1.35 bits per heavy atom. The smallest absolute Gasteiger partial charge is 0.361 e. The normalized spacial score (nSPS) is 19.2. The number of alkyl halides is 3. The van der Waals surface area contributed by atoms with Crippen LogP contribution in [0.1, 0.15) is 6.42 Å². The molecule has 0 saturated carbocycles. The predicted octanol–water partition coefficient (Wildman–Crippen LogP) is 2.93. The van der Waals surface area contributed by atoms with Gasteiger partial charge < -0.3 is 15.6 Å². The Morgan fingerprint density at radius 3 is 2.96 bits per heavy atom. The van der Waals surface area contributed by atoms with Crippen LogP contribution < -0.4 is 10.6 Å². The number of H-pyrrole nitrogens is 1. The number of rotatable bonds is 3. The van der Waals surface area contributed by atoms with E-state index in [1.165, 1.54) is 4.90 Å². The number of likely N-dealkylation sites (tertiary alicyclic amines) is 1. The largest absolute Gasteiger partial charge is 0.401 e. The zero-order chi connectivity index (χ0) is 16.4. The van der Waals surface area contributed by atoms with Crippen LogP contribution in [0.3, 0.4) is 0 Å². The Bertz CT molecular complexity index is 697. The molecule has 0 spiro atoms. The van der Waals surface area contributed by atoms with Gasteiger partial charge in [-0.2, -0.15) is 13.2 Å². The first-order valence-electron chi connectivity index (χ1n) is 7.33. The van der Waals surface area contributed by atoms with Crippen molar-refractivity contribution in [1.82, 2.24) is 15.2 Å². The minimum atomic E-state index is -4.21. The summed E-state index contributed by atoms with van der Waals surface area (Å²) in [5.41, 5.74) is 1.61. The van der Waals surface area contributed by atoms with Gasteiger partial charge in [0, 0.05) is 41.9 Å². The number of benzene rings is 1. The first kappa shape index (κ1) is 15.7. The highest BCUT2D eigenvalue weighted by atomic mass is 19.4. The highest BCUT2D eigenvalue weighted by Gasteiger charge is 2.34. The number of hydrogen-bond acceptors (Lipinski definition) is 2. The van der Waals surface area contributed by atoms with Gasteiger partial charge in [0.15, 0.2) is 0 Å². The van der Waals surface area contributed by atoms with E-state index in [0.717, 1.165) is 10.9 Å². The molecule has 0 unspecified atom stereocenters. The van der Waals surface area contributed by atoms with Gasteiger partial charge in [-0.1, -0.05) is 0 Å². The molecule has 23 heavy (non-hydrogen) atoms. The zero-order valence-electron chi connectivity index (χ0n) is 12.3. The summed E-state index contributed by atoms with van der Waals surface area (Å²) in [4.78, 5) is 16.3. The number of urea groups is 1. The monoisotopic (exact) mass is 326 g/mol. The van der Waals surface area contributed by atoms with Crippen LogP contribution in [0.15, 0.2) is 30.5 Å². The Kier molecular flexibility index (Phi) is 4.16. The number of hydrogen-bond donors (Lipinski definition) is 3. The highest BCUT2D eigenvalue weighted by molar-refractivity contribution is 5.92. The lowest BCUT2D eigenvalue weighted by molar-refractivity contribution is -0.143. The number of anilines is 1. The van der Waals surface area contributed by atoms with Crippen molar-refractivity contribution in [2.45, 2.75) is 18.6 Å². The van der Waals surface area contributed by atoms with Crippen molar-refractivity contribution < 1.29 is 18.0 Å². The van der Waals surface area contributed by atoms with Gasteiger partial charge in [0.25, 0.3) is 0 Å². The van der Waals surface area contributed by atoms with Gasteiger partial charge in [-0.05, 0) is 30.7 Å². The van der Waals surface area contributed by atoms with Crippen LogP contribution in [0.25, 0.3) is 10.9 Å². The lowest BCUT2D eigenvalue weighted by atomic mass is 10.2. The van der Waals surface area contributed by atoms with E-state index >= 15 is 0 Å². The minimum absolute atomic E-state index is 0.212. The van der Waals surface area contributed by atoms with E-state index in [-0.39, 0.29) is 12.6 Å². The molecule has 3 N–H and O–H groups in total. The summed E-state index contributed by atoms with van der Waals surface area (Å²) in [5.74, 6) is 0. The highest BCUT2D eigenvalue weighted by Crippen LogP contribution is 2.20. The SMILES string of the molecule is O=C(Nc1ccc2[nH]ccc2c1)N[C@H]1CCN(CC(F)(F)F)C1. The third-order valence-corrected chi connectivity index (χ3v) is 3.82. The molecule has 1 atom stereocenters. The van der Waals surface area contributed by atoms with E-state index in [4.69, 9.17) is 0 Å². The average Bonchev–Trinajstić information content (AvgIpc) is 3.05. The second kappa shape index (κ2) is 6.11. The average molecular weight is 326 g/mol. The van der Waals surface area contributed by atoms with Crippen molar-refractivity contribution in [3.05, 3.63) is 30.5 Å². The maximum atomic E-state index is 12.3. The van der Waals surface area contributed by atoms with E-state index < -0.39 is 18.8 Å². The summed E-state index contributed by atoms with van der Waals surface area (Å²) in [7, 11) is 0. The zero-order valence-corrected chi connectivity index (χ0v) is 12.3. The molecule has 0 aliphatic carbocycles. The molecular formula is C15H17F3N4O. The summed E-state index contributed by atoms with van der Waals surface area (Å²) < 4.78 is 37.0. The van der Waals surface area contributed by atoms with Gasteiger partial charge in [-0.25, -0.2) is 4.79 Å². The van der Waals surface area contributed by atoms with Crippen molar-refractivity contribution in [2.24, 2.45) is 0 Å². The molecule has 3 rings (SSSR count). The third kappa shape index (κ3) is 4.16. The van der Waals surface area contributed by atoms with Crippen LogP contribution >= 0.6 is 0 Å². The van der Waals surface area contributed by atoms with E-state index in [1.54, 1.807) is 6.07 Å². The maximum absolute atomic E-state index is 12.3. The van der Waals surface area contributed by atoms with Crippen LogP contribution in [0.5, 0.6) is 0 Å². The molecule has 0 bridgehead atoms. The summed E-state index contributed by atoms with van der Waals surface area (Å²) in [5, 5.41) is 6.40. The lowest BCUT2D eigenvalue weighted by Crippen LogP contribution is -2.41. The molecule has 2 amide bonds. The number of amides is 2. The number of nitrogens with one attached hydrogen (secondary N) is 3. The van der Waals surface area contributed by atoms with Crippen molar-refractivity contribution in [2.75, 3.05) is 25.0 Å². The molecule has 5 nitrogen and oxygen atoms in total. The van der Waals surface area contributed by atoms with Gasteiger partial charge in [-0.3, -0.25) is 4.90 Å². The van der Waals surface area contributed by atoms with Crippen LogP contribution in [-0.4, -0.2) is 47.8 Å². The number of carbonyl (C=O) groups is 1. The van der Waals surface area contributed by atoms with Crippen LogP contribution in [0.2, 0.25) is 0 Å². The fraction of sp³-hybridized carbons (Fsp3) is 0.400. The van der Waals surface area contributed by atoms with Gasteiger partial charge in [0.1, 0.15) is 0 Å². The molecule has 1 fully saturated rings. The van der Waals surface area contributed by atoms with Crippen molar-refractivity contribution >= 4 is 22.6 Å². The second-order valence-electron chi connectivity index (χ2n) is 5.71. The van der Waals surface area contributed by atoms with Crippen molar-refractivity contribution in [3.8, 4) is 0 Å². The maximum Gasteiger partial charge on any atom is 0.401 e. The molecule has 1 aromatic carbocycles. The topological polar surface area (TPSA) is 60.2 Å². The van der Waals surface area contributed by atoms with Gasteiger partial charge >= 0.3 is 12.2 Å². The molecule has 124 valence electrons. The number of nitrogens with zero attached hydrogens (tertiary/aromatic N) is 1. The Morgan fingerprint density at radius 2 is 2.17 bits per heavy atom. The van der Waals surface area contributed by atoms with E-state index in [9.17, 15) is 18.0 Å². The van der Waals surface area contributed by atoms with Gasteiger partial charge in [0.05, 0.1) is 6.54 Å².